The molecule has 0 saturated carbocycles. The Bertz CT molecular complexity index is 1750. The molecule has 0 aliphatic heterocycles. The van der Waals surface area contributed by atoms with E-state index >= 15 is 0 Å². The Kier molecular flexibility index (Phi) is 10.7. The first-order chi connectivity index (χ1) is 20.3. The highest BCUT2D eigenvalue weighted by Crippen LogP contribution is 2.33. The summed E-state index contributed by atoms with van der Waals surface area (Å²) in [6.45, 7) is 2.84. The molecule has 0 aliphatic carbocycles. The molecule has 232 valence electrons. The largest absolute Gasteiger partial charge is 0.419 e. The van der Waals surface area contributed by atoms with Crippen LogP contribution in [0.15, 0.2) is 73.1 Å². The highest BCUT2D eigenvalue weighted by molar-refractivity contribution is 7.91. The van der Waals surface area contributed by atoms with Gasteiger partial charge in [-0.1, -0.05) is 26.5 Å². The first kappa shape index (κ1) is 33.9. The smallest absolute Gasteiger partial charge is 0.331 e. The molecule has 0 bridgehead atoms. The predicted molar refractivity (Wildman–Crippen MR) is 158 cm³/mol. The van der Waals surface area contributed by atoms with Crippen molar-refractivity contribution in [3.8, 4) is 23.1 Å². The Morgan fingerprint density at radius 1 is 1.09 bits per heavy atom. The van der Waals surface area contributed by atoms with Crippen molar-refractivity contribution in [2.24, 2.45) is 0 Å². The lowest BCUT2D eigenvalue weighted by Gasteiger charge is -2.29. The van der Waals surface area contributed by atoms with Gasteiger partial charge in [-0.05, 0) is 61.0 Å². The van der Waals surface area contributed by atoms with Crippen LogP contribution in [-0.2, 0) is 27.2 Å². The molecular formula is C31H31F4N5O3S. The molecule has 0 aliphatic rings. The molecule has 1 atom stereocenters. The van der Waals surface area contributed by atoms with Crippen molar-refractivity contribution in [3.63, 3.8) is 0 Å². The molecular weight excluding hydrogens is 598 g/mol. The molecule has 44 heavy (non-hydrogen) atoms. The molecule has 2 aromatic carbocycles. The standard InChI is InChI=1S/C30H27F4N5O3S.CH4/c1-3-43(41,42)15-14-38(28(40)17-22-9-12-25(31)24(16-22)30(32,33)34)20(2)29-37-27(26-6-4-5-13-36-26)19-39(29)23-10-7-21(18-35)8-11-23;/h4-13,16,19-20H,3,14-15,17H2,1-2H3;1H4/t20-;/m1./s1. The van der Waals surface area contributed by atoms with Gasteiger partial charge in [-0.15, -0.1) is 0 Å². The monoisotopic (exact) mass is 629 g/mol. The topological polar surface area (TPSA) is 109 Å². The van der Waals surface area contributed by atoms with Crippen LogP contribution >= 0.6 is 0 Å². The first-order valence-corrected chi connectivity index (χ1v) is 15.0. The van der Waals surface area contributed by atoms with Crippen LogP contribution in [0.25, 0.3) is 17.1 Å². The zero-order valence-electron chi connectivity index (χ0n) is 23.2. The Labute approximate surface area is 253 Å². The highest BCUT2D eigenvalue weighted by Gasteiger charge is 2.35. The number of hydrogen-bond acceptors (Lipinski definition) is 6. The Hall–Kier alpha value is -4.57. The zero-order valence-corrected chi connectivity index (χ0v) is 24.0. The molecule has 8 nitrogen and oxygen atoms in total. The summed E-state index contributed by atoms with van der Waals surface area (Å²) in [5.41, 5.74) is 0.413. The second-order valence-electron chi connectivity index (χ2n) is 9.72. The molecule has 13 heteroatoms. The summed E-state index contributed by atoms with van der Waals surface area (Å²) < 4.78 is 80.4. The number of pyridine rings is 1. The number of amides is 1. The van der Waals surface area contributed by atoms with Gasteiger partial charge in [0.2, 0.25) is 5.91 Å². The number of carbonyl (C=O) groups is 1. The van der Waals surface area contributed by atoms with Crippen LogP contribution in [0.2, 0.25) is 0 Å². The van der Waals surface area contributed by atoms with Gasteiger partial charge in [-0.25, -0.2) is 17.8 Å². The van der Waals surface area contributed by atoms with E-state index in [2.05, 4.69) is 4.98 Å². The van der Waals surface area contributed by atoms with E-state index in [1.165, 1.54) is 11.8 Å². The third-order valence-corrected chi connectivity index (χ3v) is 8.56. The quantitative estimate of drug-likeness (QED) is 0.194. The maximum atomic E-state index is 13.9. The first-order valence-electron chi connectivity index (χ1n) is 13.2. The summed E-state index contributed by atoms with van der Waals surface area (Å²) in [5.74, 6) is -2.37. The molecule has 2 aromatic heterocycles. The predicted octanol–water partition coefficient (Wildman–Crippen LogP) is 6.17. The van der Waals surface area contributed by atoms with Gasteiger partial charge in [0.1, 0.15) is 17.3 Å². The molecule has 4 aromatic rings. The van der Waals surface area contributed by atoms with E-state index in [0.717, 1.165) is 6.07 Å². The normalized spacial score (nSPS) is 12.2. The second-order valence-corrected chi connectivity index (χ2v) is 12.2. The third kappa shape index (κ3) is 7.87. The van der Waals surface area contributed by atoms with Crippen LogP contribution in [0.3, 0.4) is 0 Å². The number of rotatable bonds is 10. The molecule has 0 spiro atoms. The summed E-state index contributed by atoms with van der Waals surface area (Å²) in [6, 6.07) is 15.3. The van der Waals surface area contributed by atoms with Crippen LogP contribution in [-0.4, -0.2) is 51.8 Å². The minimum atomic E-state index is -4.96. The minimum Gasteiger partial charge on any atom is -0.331 e. The number of nitrogens with zero attached hydrogens (tertiary/aromatic N) is 5. The lowest BCUT2D eigenvalue weighted by Crippen LogP contribution is -2.39. The van der Waals surface area contributed by atoms with Crippen LogP contribution < -0.4 is 0 Å². The maximum Gasteiger partial charge on any atom is 0.419 e. The molecule has 0 unspecified atom stereocenters. The van der Waals surface area contributed by atoms with E-state index in [1.54, 1.807) is 66.3 Å². The summed E-state index contributed by atoms with van der Waals surface area (Å²) >= 11 is 0. The Morgan fingerprint density at radius 2 is 1.80 bits per heavy atom. The number of nitriles is 1. The molecule has 0 saturated heterocycles. The Balaban J connectivity index is 0.00000529. The van der Waals surface area contributed by atoms with Crippen molar-refractivity contribution in [3.05, 3.63) is 101 Å². The summed E-state index contributed by atoms with van der Waals surface area (Å²) in [5, 5.41) is 9.22. The number of carbonyl (C=O) groups excluding carboxylic acids is 1. The van der Waals surface area contributed by atoms with Crippen LogP contribution in [0.1, 0.15) is 49.8 Å². The Morgan fingerprint density at radius 3 is 2.39 bits per heavy atom. The second kappa shape index (κ2) is 13.8. The van der Waals surface area contributed by atoms with E-state index in [4.69, 9.17) is 4.98 Å². The van der Waals surface area contributed by atoms with Gasteiger partial charge in [0, 0.05) is 30.4 Å². The third-order valence-electron chi connectivity index (χ3n) is 6.87. The van der Waals surface area contributed by atoms with Gasteiger partial charge in [-0.3, -0.25) is 9.78 Å². The number of sulfone groups is 1. The fraction of sp³-hybridized carbons (Fsp3) is 0.290. The zero-order chi connectivity index (χ0) is 31.4. The van der Waals surface area contributed by atoms with Gasteiger partial charge < -0.3 is 9.47 Å². The van der Waals surface area contributed by atoms with Crippen LogP contribution in [0.4, 0.5) is 17.6 Å². The van der Waals surface area contributed by atoms with E-state index in [1.807, 2.05) is 6.07 Å². The number of benzene rings is 2. The van der Waals surface area contributed by atoms with E-state index < -0.39 is 45.8 Å². The number of imidazole rings is 1. The van der Waals surface area contributed by atoms with Gasteiger partial charge in [0.05, 0.1) is 41.1 Å². The highest BCUT2D eigenvalue weighted by atomic mass is 32.2. The molecule has 0 fully saturated rings. The molecule has 1 amide bonds. The summed E-state index contributed by atoms with van der Waals surface area (Å²) in [7, 11) is -3.54. The van der Waals surface area contributed by atoms with Crippen molar-refractivity contribution in [2.75, 3.05) is 18.1 Å². The van der Waals surface area contributed by atoms with Crippen molar-refractivity contribution in [1.82, 2.24) is 19.4 Å². The summed E-state index contributed by atoms with van der Waals surface area (Å²) in [6.07, 6.45) is -2.22. The average molecular weight is 630 g/mol. The lowest BCUT2D eigenvalue weighted by molar-refractivity contribution is -0.140. The lowest BCUT2D eigenvalue weighted by atomic mass is 10.1. The number of alkyl halides is 3. The number of halogens is 4. The number of aromatic nitrogens is 3. The van der Waals surface area contributed by atoms with Crippen molar-refractivity contribution in [2.45, 2.75) is 39.9 Å². The number of hydrogen-bond donors (Lipinski definition) is 0. The molecule has 2 heterocycles. The molecule has 4 rings (SSSR count). The van der Waals surface area contributed by atoms with Gasteiger partial charge in [-0.2, -0.15) is 18.4 Å². The van der Waals surface area contributed by atoms with Crippen LogP contribution in [0, 0.1) is 17.1 Å². The van der Waals surface area contributed by atoms with Crippen molar-refractivity contribution >= 4 is 15.7 Å². The minimum absolute atomic E-state index is 0. The molecule has 0 radical (unpaired) electrons. The van der Waals surface area contributed by atoms with E-state index in [0.29, 0.717) is 40.6 Å². The SMILES string of the molecule is C.CCS(=O)(=O)CCN(C(=O)Cc1ccc(F)c(C(F)(F)F)c1)[C@H](C)c1nc(-c2ccccn2)cn1-c1ccc(C#N)cc1. The van der Waals surface area contributed by atoms with Crippen molar-refractivity contribution in [1.29, 1.82) is 5.26 Å². The van der Waals surface area contributed by atoms with Gasteiger partial charge in [0.15, 0.2) is 9.84 Å². The van der Waals surface area contributed by atoms with Crippen molar-refractivity contribution < 1.29 is 30.8 Å². The fourth-order valence-corrected chi connectivity index (χ4v) is 5.23. The fourth-order valence-electron chi connectivity index (χ4n) is 4.46. The molecule has 0 N–H and O–H groups in total. The van der Waals surface area contributed by atoms with Crippen LogP contribution in [0.5, 0.6) is 0 Å². The van der Waals surface area contributed by atoms with Gasteiger partial charge in [0.25, 0.3) is 0 Å². The average Bonchev–Trinajstić information content (AvgIpc) is 3.44. The van der Waals surface area contributed by atoms with E-state index in [9.17, 15) is 36.0 Å². The van der Waals surface area contributed by atoms with Gasteiger partial charge >= 0.3 is 6.18 Å². The van der Waals surface area contributed by atoms with E-state index in [-0.39, 0.29) is 31.0 Å². The summed E-state index contributed by atoms with van der Waals surface area (Å²) in [4.78, 5) is 24.0. The maximum absolute atomic E-state index is 13.9.